The van der Waals surface area contributed by atoms with E-state index in [1.54, 1.807) is 13.8 Å². The zero-order chi connectivity index (χ0) is 23.1. The second-order valence-corrected chi connectivity index (χ2v) is 4.95. The van der Waals surface area contributed by atoms with Gasteiger partial charge in [-0.2, -0.15) is 0 Å². The van der Waals surface area contributed by atoms with Gasteiger partial charge in [0.15, 0.2) is 0 Å². The monoisotopic (exact) mass is 408 g/mol. The molecule has 0 radical (unpaired) electrons. The van der Waals surface area contributed by atoms with Crippen molar-refractivity contribution in [3.63, 3.8) is 0 Å². The second kappa shape index (κ2) is 24.5. The van der Waals surface area contributed by atoms with Crippen molar-refractivity contribution in [2.45, 2.75) is 39.1 Å². The van der Waals surface area contributed by atoms with Crippen LogP contribution in [0.4, 0.5) is 0 Å². The van der Waals surface area contributed by atoms with Gasteiger partial charge in [0.05, 0.1) is 38.1 Å². The highest BCUT2D eigenvalue weighted by atomic mass is 16.5. The van der Waals surface area contributed by atoms with Crippen molar-refractivity contribution in [2.24, 2.45) is 0 Å². The van der Waals surface area contributed by atoms with Gasteiger partial charge in [0.2, 0.25) is 0 Å². The number of aliphatic hydroxyl groups excluding tert-OH is 2. The summed E-state index contributed by atoms with van der Waals surface area (Å²) in [5.41, 5.74) is 0. The van der Waals surface area contributed by atoms with E-state index in [1.165, 1.54) is 0 Å². The number of hydrogen-bond donors (Lipinski definition) is 5. The largest absolute Gasteiger partial charge is 0.478 e. The van der Waals surface area contributed by atoms with E-state index in [4.69, 9.17) is 35.0 Å². The Balaban J connectivity index is -0.000000159. The van der Waals surface area contributed by atoms with Gasteiger partial charge in [-0.25, -0.2) is 14.4 Å². The minimum Gasteiger partial charge on any atom is -0.478 e. The summed E-state index contributed by atoms with van der Waals surface area (Å²) in [7, 11) is 0. The van der Waals surface area contributed by atoms with Crippen molar-refractivity contribution in [2.75, 3.05) is 19.8 Å². The number of hydrogen-bond acceptors (Lipinski definition) is 7. The molecule has 3 unspecified atom stereocenters. The van der Waals surface area contributed by atoms with E-state index in [2.05, 4.69) is 19.7 Å². The van der Waals surface area contributed by atoms with Crippen LogP contribution < -0.4 is 0 Å². The summed E-state index contributed by atoms with van der Waals surface area (Å²) in [5, 5.41) is 40.4. The fourth-order valence-electron chi connectivity index (χ4n) is 0.704. The molecular weight excluding hydrogens is 376 g/mol. The first-order valence-electron chi connectivity index (χ1n) is 7.95. The van der Waals surface area contributed by atoms with Gasteiger partial charge >= 0.3 is 17.9 Å². The Hall–Kier alpha value is -2.53. The normalized spacial score (nSPS) is 11.9. The van der Waals surface area contributed by atoms with Gasteiger partial charge in [-0.1, -0.05) is 19.7 Å². The molecule has 0 aromatic rings. The fraction of sp³-hybridized carbons (Fsp3) is 0.500. The van der Waals surface area contributed by atoms with Crippen molar-refractivity contribution in [3.8, 4) is 0 Å². The quantitative estimate of drug-likeness (QED) is 0.328. The number of aliphatic carboxylic acids is 3. The van der Waals surface area contributed by atoms with E-state index >= 15 is 0 Å². The van der Waals surface area contributed by atoms with E-state index in [1.807, 2.05) is 6.92 Å². The van der Waals surface area contributed by atoms with Gasteiger partial charge in [0.1, 0.15) is 0 Å². The molecule has 0 fully saturated rings. The number of rotatable bonds is 10. The highest BCUT2D eigenvalue weighted by molar-refractivity contribution is 5.79. The van der Waals surface area contributed by atoms with Crippen molar-refractivity contribution in [1.82, 2.24) is 0 Å². The molecule has 28 heavy (non-hydrogen) atoms. The second-order valence-electron chi connectivity index (χ2n) is 4.95. The minimum absolute atomic E-state index is 0.0170. The molecule has 164 valence electrons. The van der Waals surface area contributed by atoms with Crippen LogP contribution in [0.1, 0.15) is 20.8 Å². The van der Waals surface area contributed by atoms with Crippen molar-refractivity contribution in [1.29, 1.82) is 0 Å². The van der Waals surface area contributed by atoms with Gasteiger partial charge in [-0.05, 0) is 20.8 Å². The molecule has 0 saturated heterocycles. The smallest absolute Gasteiger partial charge is 0.327 e. The van der Waals surface area contributed by atoms with Gasteiger partial charge in [0, 0.05) is 18.2 Å². The van der Waals surface area contributed by atoms with Crippen LogP contribution in [0.5, 0.6) is 0 Å². The minimum atomic E-state index is -0.981. The summed E-state index contributed by atoms with van der Waals surface area (Å²) in [6.07, 6.45) is 1.85. The molecule has 0 amide bonds. The summed E-state index contributed by atoms with van der Waals surface area (Å²) in [4.78, 5) is 27.8. The number of carboxylic acids is 3. The summed E-state index contributed by atoms with van der Waals surface area (Å²) in [6.45, 7) is 15.0. The van der Waals surface area contributed by atoms with Crippen LogP contribution in [-0.4, -0.2) is 81.6 Å². The topological polar surface area (TPSA) is 171 Å². The Bertz CT molecular complexity index is 403. The van der Waals surface area contributed by atoms with E-state index in [9.17, 15) is 14.4 Å². The number of carbonyl (C=O) groups is 3. The van der Waals surface area contributed by atoms with E-state index in [-0.39, 0.29) is 18.8 Å². The molecule has 0 aliphatic carbocycles. The number of aliphatic hydroxyl groups is 2. The molecule has 0 aromatic heterocycles. The average molecular weight is 408 g/mol. The van der Waals surface area contributed by atoms with E-state index < -0.39 is 24.0 Å². The summed E-state index contributed by atoms with van der Waals surface area (Å²) < 4.78 is 10.5. The molecule has 10 nitrogen and oxygen atoms in total. The molecule has 0 heterocycles. The average Bonchev–Trinajstić information content (AvgIpc) is 2.65. The van der Waals surface area contributed by atoms with Crippen LogP contribution in [0, 0.1) is 0 Å². The Morgan fingerprint density at radius 1 is 0.786 bits per heavy atom. The molecule has 10 heteroatoms. The lowest BCUT2D eigenvalue weighted by molar-refractivity contribution is -0.132. The van der Waals surface area contributed by atoms with E-state index in [0.717, 1.165) is 18.2 Å². The van der Waals surface area contributed by atoms with E-state index in [0.29, 0.717) is 13.2 Å². The molecule has 3 atom stereocenters. The number of carboxylic acid groups (broad SMARTS) is 3. The van der Waals surface area contributed by atoms with Crippen molar-refractivity contribution < 1.29 is 49.4 Å². The first kappa shape index (κ1) is 33.1. The molecule has 0 spiro atoms. The molecule has 0 aliphatic rings. The Morgan fingerprint density at radius 3 is 1.29 bits per heavy atom. The van der Waals surface area contributed by atoms with Crippen LogP contribution in [0.15, 0.2) is 38.0 Å². The maximum Gasteiger partial charge on any atom is 0.327 e. The molecule has 0 rings (SSSR count). The SMILES string of the molecule is C=CC(=O)O.C=CC(=O)O.C=CC(=O)O.CC(O)COC(C)COC(C)CO. The van der Waals surface area contributed by atoms with Gasteiger partial charge in [-0.15, -0.1) is 0 Å². The molecule has 0 bridgehead atoms. The highest BCUT2D eigenvalue weighted by Crippen LogP contribution is 1.97. The van der Waals surface area contributed by atoms with Crippen LogP contribution in [0.2, 0.25) is 0 Å². The molecule has 0 saturated carbocycles. The third-order valence-corrected chi connectivity index (χ3v) is 2.02. The van der Waals surface area contributed by atoms with Gasteiger partial charge < -0.3 is 35.0 Å². The third-order valence-electron chi connectivity index (χ3n) is 2.02. The standard InChI is InChI=1S/C9H20O4.3C3H4O2/c1-7(11)5-12-9(3)6-13-8(2)4-10;3*1-2-3(4)5/h7-11H,4-6H2,1-3H3;3*2H,1H2,(H,4,5). The van der Waals surface area contributed by atoms with Crippen LogP contribution in [-0.2, 0) is 23.9 Å². The zero-order valence-electron chi connectivity index (χ0n) is 16.5. The Kier molecular flexibility index (Phi) is 28.9. The predicted octanol–water partition coefficient (Wildman–Crippen LogP) is 0.941. The summed E-state index contributed by atoms with van der Waals surface area (Å²) >= 11 is 0. The van der Waals surface area contributed by atoms with Crippen LogP contribution in [0.25, 0.3) is 0 Å². The molecule has 0 aromatic carbocycles. The van der Waals surface area contributed by atoms with Crippen LogP contribution >= 0.6 is 0 Å². The summed E-state index contributed by atoms with van der Waals surface area (Å²) in [5.74, 6) is -2.94. The van der Waals surface area contributed by atoms with Crippen molar-refractivity contribution in [3.05, 3.63) is 38.0 Å². The molecular formula is C18H32O10. The first-order chi connectivity index (χ1) is 12.9. The predicted molar refractivity (Wildman–Crippen MR) is 103 cm³/mol. The van der Waals surface area contributed by atoms with Crippen LogP contribution in [0.3, 0.4) is 0 Å². The lowest BCUT2D eigenvalue weighted by atomic mass is 10.4. The molecule has 0 aliphatic heterocycles. The lowest BCUT2D eigenvalue weighted by Crippen LogP contribution is -2.24. The highest BCUT2D eigenvalue weighted by Gasteiger charge is 2.07. The number of ether oxygens (including phenoxy) is 2. The maximum absolute atomic E-state index is 9.25. The lowest BCUT2D eigenvalue weighted by Gasteiger charge is -2.16. The Morgan fingerprint density at radius 2 is 1.07 bits per heavy atom. The van der Waals surface area contributed by atoms with Crippen molar-refractivity contribution >= 4 is 17.9 Å². The van der Waals surface area contributed by atoms with Gasteiger partial charge in [0.25, 0.3) is 0 Å². The fourth-order valence-corrected chi connectivity index (χ4v) is 0.704. The first-order valence-corrected chi connectivity index (χ1v) is 7.95. The summed E-state index contributed by atoms with van der Waals surface area (Å²) in [6, 6.07) is 0. The van der Waals surface area contributed by atoms with Gasteiger partial charge in [-0.3, -0.25) is 0 Å². The maximum atomic E-state index is 9.25. The molecule has 5 N–H and O–H groups in total. The zero-order valence-corrected chi connectivity index (χ0v) is 16.5. The third kappa shape index (κ3) is 49.5. The Labute approximate surface area is 165 Å².